The highest BCUT2D eigenvalue weighted by atomic mass is 35.5. The number of nitrogens with one attached hydrogen (secondary N) is 1. The van der Waals surface area contributed by atoms with Gasteiger partial charge in [0, 0.05) is 0 Å². The van der Waals surface area contributed by atoms with Crippen LogP contribution >= 0.6 is 11.6 Å². The Balaban J connectivity index is 2.98. The first kappa shape index (κ1) is 14.4. The minimum absolute atomic E-state index is 0.0795. The van der Waals surface area contributed by atoms with E-state index in [0.717, 1.165) is 6.07 Å². The summed E-state index contributed by atoms with van der Waals surface area (Å²) in [6.07, 6.45) is 0. The molecule has 0 aliphatic rings. The molecule has 1 aromatic rings. The van der Waals surface area contributed by atoms with Crippen LogP contribution in [0.15, 0.2) is 23.1 Å². The Bertz CT molecular complexity index is 609. The summed E-state index contributed by atoms with van der Waals surface area (Å²) < 4.78 is 23.4. The number of halogens is 1. The number of nitriles is 1. The maximum Gasteiger partial charge on any atom is 0.264 e. The van der Waals surface area contributed by atoms with Crippen LogP contribution in [0.4, 0.5) is 0 Å². The molecule has 0 radical (unpaired) electrons. The van der Waals surface area contributed by atoms with Crippen LogP contribution < -0.4 is 10.6 Å². The zero-order chi connectivity index (χ0) is 13.8. The van der Waals surface area contributed by atoms with Crippen molar-refractivity contribution in [2.75, 3.05) is 6.61 Å². The zero-order valence-corrected chi connectivity index (χ0v) is 10.5. The number of benzene rings is 1. The van der Waals surface area contributed by atoms with E-state index in [9.17, 15) is 13.2 Å². The van der Waals surface area contributed by atoms with Gasteiger partial charge in [0.25, 0.3) is 10.0 Å². The predicted octanol–water partition coefficient (Wildman–Crippen LogP) is -0.0931. The van der Waals surface area contributed by atoms with Gasteiger partial charge in [0.05, 0.1) is 16.7 Å². The van der Waals surface area contributed by atoms with E-state index in [1.807, 2.05) is 0 Å². The lowest BCUT2D eigenvalue weighted by atomic mass is 10.2. The van der Waals surface area contributed by atoms with Crippen molar-refractivity contribution >= 4 is 27.5 Å². The number of sulfonamides is 1. The smallest absolute Gasteiger partial charge is 0.264 e. The molecular formula is C9H8ClN3O4S. The molecule has 0 bridgehead atoms. The fourth-order valence-electron chi connectivity index (χ4n) is 1.00. The summed E-state index contributed by atoms with van der Waals surface area (Å²) in [4.78, 5) is 16.1. The fourth-order valence-corrected chi connectivity index (χ4v) is 2.33. The first-order valence-corrected chi connectivity index (χ1v) is 6.34. The van der Waals surface area contributed by atoms with Crippen molar-refractivity contribution in [1.29, 1.82) is 5.26 Å². The molecule has 0 atom stereocenters. The van der Waals surface area contributed by atoms with Gasteiger partial charge in [-0.15, -0.1) is 0 Å². The third-order valence-corrected chi connectivity index (χ3v) is 3.43. The van der Waals surface area contributed by atoms with E-state index in [1.165, 1.54) is 12.1 Å². The largest absolute Gasteiger partial charge is 0.368 e. The highest BCUT2D eigenvalue weighted by Crippen LogP contribution is 2.22. The Kier molecular flexibility index (Phi) is 4.63. The third kappa shape index (κ3) is 3.68. The van der Waals surface area contributed by atoms with Crippen LogP contribution in [0, 0.1) is 11.3 Å². The normalized spacial score (nSPS) is 10.9. The summed E-state index contributed by atoms with van der Waals surface area (Å²) in [7, 11) is -4.08. The molecule has 0 aromatic heterocycles. The predicted molar refractivity (Wildman–Crippen MR) is 61.6 cm³/mol. The van der Waals surface area contributed by atoms with Crippen molar-refractivity contribution in [3.8, 4) is 6.07 Å². The van der Waals surface area contributed by atoms with E-state index in [2.05, 4.69) is 4.84 Å². The molecule has 1 rings (SSSR count). The molecule has 1 aromatic carbocycles. The first-order valence-electron chi connectivity index (χ1n) is 4.48. The van der Waals surface area contributed by atoms with E-state index >= 15 is 0 Å². The van der Waals surface area contributed by atoms with Crippen LogP contribution in [0.2, 0.25) is 5.02 Å². The SMILES string of the molecule is N#Cc1ccc(Cl)c(S(=O)(=O)NOCC(N)=O)c1. The second-order valence-corrected chi connectivity index (χ2v) is 5.12. The summed E-state index contributed by atoms with van der Waals surface area (Å²) >= 11 is 5.70. The Morgan fingerprint density at radius 1 is 1.56 bits per heavy atom. The zero-order valence-electron chi connectivity index (χ0n) is 8.88. The summed E-state index contributed by atoms with van der Waals surface area (Å²) in [5.74, 6) is -0.838. The van der Waals surface area contributed by atoms with Crippen molar-refractivity contribution in [2.24, 2.45) is 5.73 Å². The molecule has 0 aliphatic heterocycles. The summed E-state index contributed by atoms with van der Waals surface area (Å²) in [5, 5.41) is 8.59. The first-order chi connectivity index (χ1) is 8.36. The summed E-state index contributed by atoms with van der Waals surface area (Å²) in [6, 6.07) is 5.49. The molecule has 18 heavy (non-hydrogen) atoms. The van der Waals surface area contributed by atoms with E-state index < -0.39 is 22.5 Å². The molecule has 7 nitrogen and oxygen atoms in total. The summed E-state index contributed by atoms with van der Waals surface area (Å²) in [5.41, 5.74) is 4.89. The monoisotopic (exact) mass is 289 g/mol. The van der Waals surface area contributed by atoms with Gasteiger partial charge in [0.15, 0.2) is 0 Å². The van der Waals surface area contributed by atoms with Crippen molar-refractivity contribution in [1.82, 2.24) is 4.89 Å². The van der Waals surface area contributed by atoms with Gasteiger partial charge in [-0.1, -0.05) is 16.5 Å². The molecule has 1 amide bonds. The molecular weight excluding hydrogens is 282 g/mol. The van der Waals surface area contributed by atoms with Crippen molar-refractivity contribution in [2.45, 2.75) is 4.90 Å². The standard InChI is InChI=1S/C9H8ClN3O4S/c10-7-2-1-6(4-11)3-8(7)18(15,16)13-17-5-9(12)14/h1-3,13H,5H2,(H2,12,14). The maximum atomic E-state index is 11.7. The Morgan fingerprint density at radius 2 is 2.22 bits per heavy atom. The topological polar surface area (TPSA) is 122 Å². The minimum Gasteiger partial charge on any atom is -0.368 e. The molecule has 0 saturated heterocycles. The number of carbonyl (C=O) groups excluding carboxylic acids is 1. The fraction of sp³-hybridized carbons (Fsp3) is 0.111. The third-order valence-electron chi connectivity index (χ3n) is 1.73. The Labute approximate surface area is 108 Å². The molecule has 0 fully saturated rings. The number of hydrogen-bond donors (Lipinski definition) is 2. The van der Waals surface area contributed by atoms with Gasteiger partial charge in [-0.05, 0) is 18.2 Å². The molecule has 96 valence electrons. The van der Waals surface area contributed by atoms with Gasteiger partial charge in [-0.3, -0.25) is 9.63 Å². The number of rotatable bonds is 5. The highest BCUT2D eigenvalue weighted by Gasteiger charge is 2.19. The van der Waals surface area contributed by atoms with Crippen LogP contribution in [0.1, 0.15) is 5.56 Å². The molecule has 0 heterocycles. The van der Waals surface area contributed by atoms with Crippen LogP contribution in [-0.4, -0.2) is 20.9 Å². The van der Waals surface area contributed by atoms with Crippen molar-refractivity contribution in [3.63, 3.8) is 0 Å². The minimum atomic E-state index is -4.08. The second kappa shape index (κ2) is 5.79. The van der Waals surface area contributed by atoms with Gasteiger partial charge in [0.1, 0.15) is 11.5 Å². The van der Waals surface area contributed by atoms with E-state index in [1.54, 1.807) is 11.0 Å². The Morgan fingerprint density at radius 3 is 2.78 bits per heavy atom. The number of nitrogens with two attached hydrogens (primary N) is 1. The van der Waals surface area contributed by atoms with Gasteiger partial charge in [-0.25, -0.2) is 8.42 Å². The molecule has 3 N–H and O–H groups in total. The lowest BCUT2D eigenvalue weighted by Gasteiger charge is -2.07. The number of hydrogen-bond acceptors (Lipinski definition) is 5. The number of primary amides is 1. The maximum absolute atomic E-state index is 11.7. The van der Waals surface area contributed by atoms with E-state index in [0.29, 0.717) is 0 Å². The van der Waals surface area contributed by atoms with Gasteiger partial charge < -0.3 is 5.73 Å². The molecule has 0 spiro atoms. The van der Waals surface area contributed by atoms with Gasteiger partial charge in [0.2, 0.25) is 5.91 Å². The lowest BCUT2D eigenvalue weighted by Crippen LogP contribution is -2.29. The van der Waals surface area contributed by atoms with Crippen molar-refractivity contribution < 1.29 is 18.0 Å². The molecule has 0 saturated carbocycles. The van der Waals surface area contributed by atoms with Crippen LogP contribution in [0.3, 0.4) is 0 Å². The van der Waals surface area contributed by atoms with E-state index in [-0.39, 0.29) is 15.5 Å². The number of amides is 1. The van der Waals surface area contributed by atoms with Crippen LogP contribution in [0.5, 0.6) is 0 Å². The molecule has 9 heteroatoms. The lowest BCUT2D eigenvalue weighted by molar-refractivity contribution is -0.123. The van der Waals surface area contributed by atoms with Crippen LogP contribution in [0.25, 0.3) is 0 Å². The second-order valence-electron chi connectivity index (χ2n) is 3.10. The number of carbonyl (C=O) groups is 1. The average molecular weight is 290 g/mol. The van der Waals surface area contributed by atoms with E-state index in [4.69, 9.17) is 22.6 Å². The Hall–Kier alpha value is -1.66. The van der Waals surface area contributed by atoms with Crippen molar-refractivity contribution in [3.05, 3.63) is 28.8 Å². The molecule has 0 unspecified atom stereocenters. The van der Waals surface area contributed by atoms with Crippen LogP contribution in [-0.2, 0) is 19.7 Å². The quantitative estimate of drug-likeness (QED) is 0.733. The highest BCUT2D eigenvalue weighted by molar-refractivity contribution is 7.89. The van der Waals surface area contributed by atoms with Gasteiger partial charge in [-0.2, -0.15) is 5.26 Å². The van der Waals surface area contributed by atoms with Gasteiger partial charge >= 0.3 is 0 Å². The molecule has 0 aliphatic carbocycles. The number of nitrogens with zero attached hydrogens (tertiary/aromatic N) is 1. The summed E-state index contributed by atoms with van der Waals surface area (Å²) in [6.45, 7) is -0.616. The average Bonchev–Trinajstić information content (AvgIpc) is 2.28.